The van der Waals surface area contributed by atoms with Gasteiger partial charge in [-0.2, -0.15) is 0 Å². The zero-order valence-corrected chi connectivity index (χ0v) is 12.3. The lowest BCUT2D eigenvalue weighted by molar-refractivity contribution is 0.686. The van der Waals surface area contributed by atoms with Gasteiger partial charge >= 0.3 is 0 Å². The lowest BCUT2D eigenvalue weighted by atomic mass is 10.2. The summed E-state index contributed by atoms with van der Waals surface area (Å²) < 4.78 is 0. The summed E-state index contributed by atoms with van der Waals surface area (Å²) in [6.07, 6.45) is 4.47. The minimum Gasteiger partial charge on any atom is -0.328 e. The number of halogens is 1. The molecule has 0 spiro atoms. The van der Waals surface area contributed by atoms with Crippen molar-refractivity contribution in [2.45, 2.75) is 25.4 Å². The monoisotopic (exact) mass is 287 g/mol. The highest BCUT2D eigenvalue weighted by Gasteiger charge is 2.20. The largest absolute Gasteiger partial charge is 0.328 e. The van der Waals surface area contributed by atoms with Crippen molar-refractivity contribution in [1.82, 2.24) is 10.3 Å². The highest BCUT2D eigenvalue weighted by atomic mass is 35.5. The van der Waals surface area contributed by atoms with E-state index in [2.05, 4.69) is 10.3 Å². The first-order chi connectivity index (χ1) is 9.74. The Hall–Kier alpha value is -1.58. The Morgan fingerprint density at radius 1 is 1.30 bits per heavy atom. The van der Waals surface area contributed by atoms with Crippen LogP contribution in [0.3, 0.4) is 0 Å². The minimum atomic E-state index is 0.687. The van der Waals surface area contributed by atoms with Gasteiger partial charge in [-0.15, -0.1) is 0 Å². The normalized spacial score (nSPS) is 14.3. The molecule has 1 N–H and O–H groups in total. The highest BCUT2D eigenvalue weighted by Crippen LogP contribution is 2.29. The van der Waals surface area contributed by atoms with Crippen molar-refractivity contribution in [3.05, 3.63) is 53.2 Å². The number of para-hydroxylation sites is 1. The van der Waals surface area contributed by atoms with E-state index < -0.39 is 0 Å². The Labute approximate surface area is 124 Å². The maximum atomic E-state index is 6.37. The molecule has 0 saturated heterocycles. The average Bonchev–Trinajstić information content (AvgIpc) is 3.30. The van der Waals surface area contributed by atoms with E-state index >= 15 is 0 Å². The van der Waals surface area contributed by atoms with Crippen molar-refractivity contribution in [1.29, 1.82) is 0 Å². The number of hydrogen-bond acceptors (Lipinski definition) is 3. The van der Waals surface area contributed by atoms with Crippen LogP contribution in [0, 0.1) is 0 Å². The molecule has 1 aliphatic rings. The molecule has 0 unspecified atom stereocenters. The zero-order chi connectivity index (χ0) is 13.9. The Morgan fingerprint density at radius 3 is 2.70 bits per heavy atom. The number of nitrogens with one attached hydrogen (secondary N) is 1. The van der Waals surface area contributed by atoms with E-state index in [9.17, 15) is 0 Å². The van der Waals surface area contributed by atoms with Crippen molar-refractivity contribution in [2.24, 2.45) is 0 Å². The van der Waals surface area contributed by atoms with E-state index in [1.165, 1.54) is 12.8 Å². The third-order valence-electron chi connectivity index (χ3n) is 3.51. The number of aromatic nitrogens is 1. The topological polar surface area (TPSA) is 28.2 Å². The molecule has 20 heavy (non-hydrogen) atoms. The maximum Gasteiger partial charge on any atom is 0.151 e. The van der Waals surface area contributed by atoms with Crippen LogP contribution in [0.4, 0.5) is 11.5 Å². The van der Waals surface area contributed by atoms with Crippen LogP contribution in [0.1, 0.15) is 18.4 Å². The van der Waals surface area contributed by atoms with Crippen LogP contribution in [-0.2, 0) is 6.54 Å². The molecule has 0 radical (unpaired) electrons. The van der Waals surface area contributed by atoms with Gasteiger partial charge in [-0.3, -0.25) is 0 Å². The summed E-state index contributed by atoms with van der Waals surface area (Å²) in [5.74, 6) is 0.785. The number of pyridine rings is 1. The Bertz CT molecular complexity index is 582. The van der Waals surface area contributed by atoms with Gasteiger partial charge in [0, 0.05) is 31.5 Å². The third-order valence-corrected chi connectivity index (χ3v) is 3.79. The molecule has 1 aromatic heterocycles. The van der Waals surface area contributed by atoms with Crippen molar-refractivity contribution in [2.75, 3.05) is 11.9 Å². The number of hydrogen-bond donors (Lipinski definition) is 1. The Kier molecular flexibility index (Phi) is 3.90. The second kappa shape index (κ2) is 5.81. The minimum absolute atomic E-state index is 0.687. The molecule has 3 rings (SSSR count). The summed E-state index contributed by atoms with van der Waals surface area (Å²) in [5.41, 5.74) is 2.21. The molecule has 4 heteroatoms. The summed E-state index contributed by atoms with van der Waals surface area (Å²) in [6.45, 7) is 0.840. The van der Waals surface area contributed by atoms with E-state index in [0.29, 0.717) is 11.1 Å². The third kappa shape index (κ3) is 3.11. The van der Waals surface area contributed by atoms with Gasteiger partial charge in [0.1, 0.15) is 0 Å². The molecule has 104 valence electrons. The molecule has 1 saturated carbocycles. The van der Waals surface area contributed by atoms with Crippen LogP contribution in [-0.4, -0.2) is 18.1 Å². The van der Waals surface area contributed by atoms with E-state index in [4.69, 9.17) is 11.6 Å². The Morgan fingerprint density at radius 2 is 2.05 bits per heavy atom. The lowest BCUT2D eigenvalue weighted by Gasteiger charge is -2.19. The molecule has 0 bridgehead atoms. The van der Waals surface area contributed by atoms with Crippen LogP contribution in [0.5, 0.6) is 0 Å². The number of nitrogens with zero attached hydrogens (tertiary/aromatic N) is 2. The molecule has 0 aliphatic heterocycles. The summed E-state index contributed by atoms with van der Waals surface area (Å²) in [7, 11) is 1.98. The highest BCUT2D eigenvalue weighted by molar-refractivity contribution is 6.33. The molecule has 2 aromatic rings. The SMILES string of the molecule is CN(c1ccccc1)c1ncc(CNC2CC2)cc1Cl. The predicted molar refractivity (Wildman–Crippen MR) is 83.6 cm³/mol. The van der Waals surface area contributed by atoms with Gasteiger partial charge in [-0.25, -0.2) is 4.98 Å². The van der Waals surface area contributed by atoms with E-state index in [0.717, 1.165) is 23.6 Å². The molecule has 3 nitrogen and oxygen atoms in total. The first kappa shape index (κ1) is 13.4. The second-order valence-electron chi connectivity index (χ2n) is 5.20. The summed E-state index contributed by atoms with van der Waals surface area (Å²) in [4.78, 5) is 6.51. The van der Waals surface area contributed by atoms with Crippen LogP contribution in [0.25, 0.3) is 0 Å². The quantitative estimate of drug-likeness (QED) is 0.908. The zero-order valence-electron chi connectivity index (χ0n) is 11.5. The van der Waals surface area contributed by atoms with Crippen LogP contribution >= 0.6 is 11.6 Å². The maximum absolute atomic E-state index is 6.37. The lowest BCUT2D eigenvalue weighted by Crippen LogP contribution is -2.16. The second-order valence-corrected chi connectivity index (χ2v) is 5.61. The van der Waals surface area contributed by atoms with E-state index in [1.807, 2.05) is 54.5 Å². The summed E-state index contributed by atoms with van der Waals surface area (Å²) in [5, 5.41) is 4.15. The number of rotatable bonds is 5. The first-order valence-electron chi connectivity index (χ1n) is 6.90. The van der Waals surface area contributed by atoms with Crippen molar-refractivity contribution in [3.8, 4) is 0 Å². The molecule has 1 aliphatic carbocycles. The van der Waals surface area contributed by atoms with Crippen LogP contribution < -0.4 is 10.2 Å². The summed E-state index contributed by atoms with van der Waals surface area (Å²) in [6, 6.07) is 12.8. The van der Waals surface area contributed by atoms with Gasteiger partial charge < -0.3 is 10.2 Å². The van der Waals surface area contributed by atoms with Gasteiger partial charge in [0.25, 0.3) is 0 Å². The van der Waals surface area contributed by atoms with E-state index in [-0.39, 0.29) is 0 Å². The Balaban J connectivity index is 1.76. The average molecular weight is 288 g/mol. The molecule has 0 amide bonds. The van der Waals surface area contributed by atoms with Crippen LogP contribution in [0.2, 0.25) is 5.02 Å². The van der Waals surface area contributed by atoms with Gasteiger partial charge in [-0.05, 0) is 36.6 Å². The van der Waals surface area contributed by atoms with Gasteiger partial charge in [0.2, 0.25) is 0 Å². The fourth-order valence-corrected chi connectivity index (χ4v) is 2.45. The molecule has 1 aromatic carbocycles. The molecule has 1 fully saturated rings. The van der Waals surface area contributed by atoms with Crippen molar-refractivity contribution in [3.63, 3.8) is 0 Å². The smallest absolute Gasteiger partial charge is 0.151 e. The van der Waals surface area contributed by atoms with Crippen LogP contribution in [0.15, 0.2) is 42.6 Å². The molecular formula is C16H18ClN3. The molecule has 0 atom stereocenters. The van der Waals surface area contributed by atoms with Gasteiger partial charge in [0.15, 0.2) is 5.82 Å². The van der Waals surface area contributed by atoms with Crippen molar-refractivity contribution >= 4 is 23.1 Å². The van der Waals surface area contributed by atoms with Gasteiger partial charge in [-0.1, -0.05) is 29.8 Å². The van der Waals surface area contributed by atoms with E-state index in [1.54, 1.807) is 0 Å². The fourth-order valence-electron chi connectivity index (χ4n) is 2.14. The van der Waals surface area contributed by atoms with Gasteiger partial charge in [0.05, 0.1) is 5.02 Å². The fraction of sp³-hybridized carbons (Fsp3) is 0.312. The predicted octanol–water partition coefficient (Wildman–Crippen LogP) is 3.75. The first-order valence-corrected chi connectivity index (χ1v) is 7.28. The molecule has 1 heterocycles. The summed E-state index contributed by atoms with van der Waals surface area (Å²) >= 11 is 6.37. The number of benzene rings is 1. The number of anilines is 2. The standard InChI is InChI=1S/C16H18ClN3/c1-20(14-5-3-2-4-6-14)16-15(17)9-12(11-19-16)10-18-13-7-8-13/h2-6,9,11,13,18H,7-8,10H2,1H3. The van der Waals surface area contributed by atoms with Crippen molar-refractivity contribution < 1.29 is 0 Å². The molecular weight excluding hydrogens is 270 g/mol.